The van der Waals surface area contributed by atoms with E-state index in [4.69, 9.17) is 4.98 Å². The van der Waals surface area contributed by atoms with Gasteiger partial charge in [-0.2, -0.15) is 0 Å². The number of nitrogens with zero attached hydrogens (tertiary/aromatic N) is 3. The number of nitrogens with one attached hydrogen (secondary N) is 2. The summed E-state index contributed by atoms with van der Waals surface area (Å²) >= 11 is 5.19. The molecule has 0 aliphatic carbocycles. The Bertz CT molecular complexity index is 1210. The van der Waals surface area contributed by atoms with Crippen LogP contribution in [-0.2, 0) is 0 Å². The van der Waals surface area contributed by atoms with Gasteiger partial charge < -0.3 is 10.3 Å². The smallest absolute Gasteiger partial charge is 0.163 e. The van der Waals surface area contributed by atoms with Crippen molar-refractivity contribution in [2.45, 2.75) is 0 Å². The molecule has 5 rings (SSSR count). The second-order valence-electron chi connectivity index (χ2n) is 5.79. The van der Waals surface area contributed by atoms with Crippen LogP contribution in [0.2, 0.25) is 0 Å². The van der Waals surface area contributed by atoms with Gasteiger partial charge in [-0.3, -0.25) is 0 Å². The lowest BCUT2D eigenvalue weighted by Crippen LogP contribution is -1.96. The second kappa shape index (κ2) is 6.19. The highest BCUT2D eigenvalue weighted by Crippen LogP contribution is 2.37. The third kappa shape index (κ3) is 2.56. The molecule has 0 aliphatic heterocycles. The number of aromatic amines is 1. The Kier molecular flexibility index (Phi) is 3.69. The number of fused-ring (bicyclic) bond motifs is 3. The van der Waals surface area contributed by atoms with Crippen LogP contribution < -0.4 is 5.32 Å². The molecular formula is C19H12BrN5S. The number of para-hydroxylation sites is 1. The van der Waals surface area contributed by atoms with Crippen molar-refractivity contribution in [2.24, 2.45) is 0 Å². The normalized spacial score (nSPS) is 11.3. The number of hydrogen-bond acceptors (Lipinski definition) is 5. The Morgan fingerprint density at radius 3 is 2.69 bits per heavy atom. The Balaban J connectivity index is 1.75. The molecule has 0 unspecified atom stereocenters. The summed E-state index contributed by atoms with van der Waals surface area (Å²) in [5.41, 5.74) is 2.83. The fourth-order valence-corrected chi connectivity index (χ4v) is 4.20. The zero-order valence-electron chi connectivity index (χ0n) is 13.4. The van der Waals surface area contributed by atoms with Gasteiger partial charge >= 0.3 is 0 Å². The summed E-state index contributed by atoms with van der Waals surface area (Å²) < 4.78 is 2.25. The molecule has 0 saturated carbocycles. The van der Waals surface area contributed by atoms with E-state index >= 15 is 0 Å². The van der Waals surface area contributed by atoms with E-state index < -0.39 is 0 Å². The average molecular weight is 422 g/mol. The number of pyridine rings is 1. The zero-order valence-corrected chi connectivity index (χ0v) is 15.8. The number of aromatic nitrogens is 4. The van der Waals surface area contributed by atoms with Gasteiger partial charge in [-0.05, 0) is 41.8 Å². The van der Waals surface area contributed by atoms with E-state index in [9.17, 15) is 0 Å². The van der Waals surface area contributed by atoms with Gasteiger partial charge in [-0.1, -0.05) is 28.1 Å². The first kappa shape index (κ1) is 15.5. The SMILES string of the molecule is Brc1ccc(Nc2nc3c(-c4nnc[nH]4)cccc3c3sccc23)cc1. The minimum absolute atomic E-state index is 0.716. The van der Waals surface area contributed by atoms with Gasteiger partial charge in [0.15, 0.2) is 5.82 Å². The van der Waals surface area contributed by atoms with Crippen molar-refractivity contribution >= 4 is 59.8 Å². The molecule has 2 N–H and O–H groups in total. The maximum atomic E-state index is 4.95. The molecule has 0 amide bonds. The molecule has 0 aliphatic rings. The summed E-state index contributed by atoms with van der Waals surface area (Å²) in [6.07, 6.45) is 1.58. The first-order valence-electron chi connectivity index (χ1n) is 7.98. The van der Waals surface area contributed by atoms with Crippen LogP contribution in [0, 0.1) is 0 Å². The van der Waals surface area contributed by atoms with E-state index in [1.165, 1.54) is 4.70 Å². The van der Waals surface area contributed by atoms with Crippen molar-refractivity contribution < 1.29 is 0 Å². The fourth-order valence-electron chi connectivity index (χ4n) is 3.02. The molecule has 26 heavy (non-hydrogen) atoms. The summed E-state index contributed by atoms with van der Waals surface area (Å²) in [6.45, 7) is 0. The predicted octanol–water partition coefficient (Wildman–Crippen LogP) is 5.74. The van der Waals surface area contributed by atoms with Crippen molar-refractivity contribution in [2.75, 3.05) is 5.32 Å². The third-order valence-corrected chi connectivity index (χ3v) is 5.68. The van der Waals surface area contributed by atoms with Crippen molar-refractivity contribution in [1.29, 1.82) is 0 Å². The zero-order chi connectivity index (χ0) is 17.5. The standard InChI is InChI=1S/C19H12BrN5S/c20-11-4-6-12(7-5-11)23-19-15-8-9-26-17(15)13-2-1-3-14(16(13)24-19)18-21-10-22-25-18/h1-10H,(H,23,24)(H,21,22,25). The van der Waals surface area contributed by atoms with Gasteiger partial charge in [-0.25, -0.2) is 4.98 Å². The highest BCUT2D eigenvalue weighted by molar-refractivity contribution is 9.10. The molecule has 0 atom stereocenters. The van der Waals surface area contributed by atoms with Crippen LogP contribution in [0.15, 0.2) is 64.7 Å². The van der Waals surface area contributed by atoms with Crippen LogP contribution in [0.3, 0.4) is 0 Å². The van der Waals surface area contributed by atoms with Gasteiger partial charge in [0.1, 0.15) is 12.1 Å². The Labute approximate surface area is 161 Å². The van der Waals surface area contributed by atoms with Gasteiger partial charge in [0.05, 0.1) is 5.52 Å². The monoisotopic (exact) mass is 421 g/mol. The molecule has 7 heteroatoms. The van der Waals surface area contributed by atoms with Crippen LogP contribution >= 0.6 is 27.3 Å². The van der Waals surface area contributed by atoms with Crippen molar-refractivity contribution in [1.82, 2.24) is 20.2 Å². The number of anilines is 2. The first-order valence-corrected chi connectivity index (χ1v) is 9.66. The number of rotatable bonds is 3. The second-order valence-corrected chi connectivity index (χ2v) is 7.63. The van der Waals surface area contributed by atoms with Crippen LogP contribution in [0.1, 0.15) is 0 Å². The summed E-state index contributed by atoms with van der Waals surface area (Å²) in [7, 11) is 0. The molecule has 2 aromatic carbocycles. The van der Waals surface area contributed by atoms with Crippen molar-refractivity contribution in [3.8, 4) is 11.4 Å². The molecule has 0 spiro atoms. The number of hydrogen-bond donors (Lipinski definition) is 2. The molecule has 0 bridgehead atoms. The molecule has 5 nitrogen and oxygen atoms in total. The van der Waals surface area contributed by atoms with E-state index in [0.29, 0.717) is 5.82 Å². The molecule has 5 aromatic rings. The minimum Gasteiger partial charge on any atom is -0.340 e. The van der Waals surface area contributed by atoms with Crippen LogP contribution in [0.4, 0.5) is 11.5 Å². The molecule has 3 heterocycles. The molecular weight excluding hydrogens is 410 g/mol. The minimum atomic E-state index is 0.716. The van der Waals surface area contributed by atoms with E-state index in [1.807, 2.05) is 36.4 Å². The van der Waals surface area contributed by atoms with E-state index in [-0.39, 0.29) is 0 Å². The van der Waals surface area contributed by atoms with Crippen LogP contribution in [-0.4, -0.2) is 20.2 Å². The van der Waals surface area contributed by atoms with Gasteiger partial charge in [0.25, 0.3) is 0 Å². The number of H-pyrrole nitrogens is 1. The van der Waals surface area contributed by atoms with E-state index in [1.54, 1.807) is 17.7 Å². The summed E-state index contributed by atoms with van der Waals surface area (Å²) in [6, 6.07) is 16.3. The first-order chi connectivity index (χ1) is 12.8. The van der Waals surface area contributed by atoms with Gasteiger partial charge in [-0.15, -0.1) is 21.5 Å². The molecule has 0 radical (unpaired) electrons. The lowest BCUT2D eigenvalue weighted by Gasteiger charge is -2.11. The largest absolute Gasteiger partial charge is 0.340 e. The molecule has 0 fully saturated rings. The topological polar surface area (TPSA) is 66.5 Å². The highest BCUT2D eigenvalue weighted by Gasteiger charge is 2.14. The average Bonchev–Trinajstić information content (AvgIpc) is 3.35. The predicted molar refractivity (Wildman–Crippen MR) is 110 cm³/mol. The Morgan fingerprint density at radius 1 is 1.00 bits per heavy atom. The van der Waals surface area contributed by atoms with Crippen molar-refractivity contribution in [3.63, 3.8) is 0 Å². The third-order valence-electron chi connectivity index (χ3n) is 4.20. The van der Waals surface area contributed by atoms with E-state index in [2.05, 4.69) is 53.9 Å². The van der Waals surface area contributed by atoms with Crippen molar-refractivity contribution in [3.05, 3.63) is 64.7 Å². The maximum Gasteiger partial charge on any atom is 0.163 e. The molecule has 126 valence electrons. The van der Waals surface area contributed by atoms with E-state index in [0.717, 1.165) is 37.8 Å². The lowest BCUT2D eigenvalue weighted by molar-refractivity contribution is 1.10. The fraction of sp³-hybridized carbons (Fsp3) is 0. The lowest BCUT2D eigenvalue weighted by atomic mass is 10.1. The van der Waals surface area contributed by atoms with Crippen LogP contribution in [0.25, 0.3) is 32.4 Å². The van der Waals surface area contributed by atoms with Crippen LogP contribution in [0.5, 0.6) is 0 Å². The Morgan fingerprint density at radius 2 is 1.88 bits per heavy atom. The van der Waals surface area contributed by atoms with Gasteiger partial charge in [0, 0.05) is 31.2 Å². The maximum absolute atomic E-state index is 4.95. The number of benzene rings is 2. The van der Waals surface area contributed by atoms with Gasteiger partial charge in [0.2, 0.25) is 0 Å². The molecule has 0 saturated heterocycles. The summed E-state index contributed by atoms with van der Waals surface area (Å²) in [5.74, 6) is 1.55. The summed E-state index contributed by atoms with van der Waals surface area (Å²) in [4.78, 5) is 8.02. The number of thiophene rings is 1. The quantitative estimate of drug-likeness (QED) is 0.389. The Hall–Kier alpha value is -2.77. The number of halogens is 1. The summed E-state index contributed by atoms with van der Waals surface area (Å²) in [5, 5.41) is 15.8. The molecule has 3 aromatic heterocycles. The highest BCUT2D eigenvalue weighted by atomic mass is 79.9.